The van der Waals surface area contributed by atoms with Crippen molar-refractivity contribution in [3.05, 3.63) is 54.1 Å². The third-order valence-corrected chi connectivity index (χ3v) is 5.41. The molecule has 1 aliphatic rings. The van der Waals surface area contributed by atoms with Crippen molar-refractivity contribution in [2.24, 2.45) is 0 Å². The van der Waals surface area contributed by atoms with E-state index in [2.05, 4.69) is 15.6 Å². The summed E-state index contributed by atoms with van der Waals surface area (Å²) >= 11 is 0. The maximum atomic E-state index is 14.5. The van der Waals surface area contributed by atoms with Crippen molar-refractivity contribution in [2.75, 3.05) is 13.7 Å². The molecule has 3 rings (SSSR count). The molecule has 1 fully saturated rings. The lowest BCUT2D eigenvalue weighted by molar-refractivity contribution is -0.123. The second kappa shape index (κ2) is 10.2. The van der Waals surface area contributed by atoms with Gasteiger partial charge in [-0.2, -0.15) is 0 Å². The third kappa shape index (κ3) is 6.41. The van der Waals surface area contributed by atoms with Crippen LogP contribution in [0.4, 0.5) is 4.39 Å². The van der Waals surface area contributed by atoms with Crippen molar-refractivity contribution in [3.8, 4) is 11.5 Å². The predicted octanol–water partition coefficient (Wildman–Crippen LogP) is 2.78. The average molecular weight is 429 g/mol. The molecule has 31 heavy (non-hydrogen) atoms. The fourth-order valence-corrected chi connectivity index (χ4v) is 3.73. The molecule has 1 aliphatic heterocycles. The Bertz CT molecular complexity index is 909. The van der Waals surface area contributed by atoms with E-state index in [1.54, 1.807) is 36.7 Å². The first-order chi connectivity index (χ1) is 14.9. The van der Waals surface area contributed by atoms with Gasteiger partial charge in [0.1, 0.15) is 23.4 Å². The quantitative estimate of drug-likeness (QED) is 0.606. The minimum Gasteiger partial charge on any atom is -0.497 e. The lowest BCUT2D eigenvalue weighted by atomic mass is 9.84. The van der Waals surface area contributed by atoms with Crippen LogP contribution < -0.4 is 20.1 Å². The van der Waals surface area contributed by atoms with Gasteiger partial charge in [0.05, 0.1) is 19.9 Å². The monoisotopic (exact) mass is 429 g/mol. The minimum absolute atomic E-state index is 0.0761. The maximum Gasteiger partial charge on any atom is 0.220 e. The molecule has 2 amide bonds. The predicted molar refractivity (Wildman–Crippen MR) is 113 cm³/mol. The van der Waals surface area contributed by atoms with E-state index in [4.69, 9.17) is 9.47 Å². The maximum absolute atomic E-state index is 14.5. The molecule has 8 heteroatoms. The number of nitrogens with one attached hydrogen (secondary N) is 2. The van der Waals surface area contributed by atoms with Gasteiger partial charge in [-0.1, -0.05) is 6.07 Å². The largest absolute Gasteiger partial charge is 0.497 e. The molecule has 2 atom stereocenters. The molecule has 0 radical (unpaired) electrons. The number of methoxy groups -OCH3 is 1. The van der Waals surface area contributed by atoms with Crippen LogP contribution in [0.5, 0.6) is 11.5 Å². The molecule has 2 aromatic rings. The van der Waals surface area contributed by atoms with Crippen LogP contribution in [-0.4, -0.2) is 42.1 Å². The van der Waals surface area contributed by atoms with Gasteiger partial charge in [-0.15, -0.1) is 0 Å². The first-order valence-corrected chi connectivity index (χ1v) is 10.4. The zero-order valence-corrected chi connectivity index (χ0v) is 17.8. The average Bonchev–Trinajstić information content (AvgIpc) is 3.13. The van der Waals surface area contributed by atoms with Crippen molar-refractivity contribution >= 4 is 11.8 Å². The number of hydrogen-bond donors (Lipinski definition) is 2. The Kier molecular flexibility index (Phi) is 7.44. The molecule has 1 aromatic heterocycles. The van der Waals surface area contributed by atoms with E-state index in [-0.39, 0.29) is 30.2 Å². The fourth-order valence-electron chi connectivity index (χ4n) is 3.73. The lowest BCUT2D eigenvalue weighted by Crippen LogP contribution is -2.45. The van der Waals surface area contributed by atoms with Gasteiger partial charge < -0.3 is 20.1 Å². The van der Waals surface area contributed by atoms with Gasteiger partial charge in [-0.25, -0.2) is 4.39 Å². The summed E-state index contributed by atoms with van der Waals surface area (Å²) in [7, 11) is 1.48. The van der Waals surface area contributed by atoms with Crippen LogP contribution in [0.15, 0.2) is 42.7 Å². The number of amides is 2. The molecular weight excluding hydrogens is 401 g/mol. The van der Waals surface area contributed by atoms with Crippen LogP contribution in [-0.2, 0) is 16.0 Å². The van der Waals surface area contributed by atoms with Gasteiger partial charge in [0.25, 0.3) is 0 Å². The second-order valence-electron chi connectivity index (χ2n) is 7.88. The van der Waals surface area contributed by atoms with Crippen molar-refractivity contribution in [1.82, 2.24) is 15.6 Å². The highest BCUT2D eigenvalue weighted by molar-refractivity contribution is 5.80. The molecule has 0 spiro atoms. The summed E-state index contributed by atoms with van der Waals surface area (Å²) in [5.41, 5.74) is -0.149. The number of carbonyl (C=O) groups excluding carboxylic acids is 2. The SMILES string of the molecule is COc1ccc(C[C@@]2(CCC(=O)NC[C@@H](C)Oc3cccnc3)CCC(=O)N2)c(F)c1. The summed E-state index contributed by atoms with van der Waals surface area (Å²) in [6.45, 7) is 2.21. The van der Waals surface area contributed by atoms with Gasteiger partial charge in [-0.3, -0.25) is 14.6 Å². The summed E-state index contributed by atoms with van der Waals surface area (Å²) in [6.07, 6.45) is 4.95. The summed E-state index contributed by atoms with van der Waals surface area (Å²) < 4.78 is 25.2. The van der Waals surface area contributed by atoms with Gasteiger partial charge in [0.2, 0.25) is 11.8 Å². The van der Waals surface area contributed by atoms with E-state index in [1.807, 2.05) is 6.92 Å². The number of nitrogens with zero attached hydrogens (tertiary/aromatic N) is 1. The van der Waals surface area contributed by atoms with Gasteiger partial charge in [0, 0.05) is 30.6 Å². The number of halogens is 1. The number of hydrogen-bond acceptors (Lipinski definition) is 5. The molecule has 7 nitrogen and oxygen atoms in total. The van der Waals surface area contributed by atoms with Gasteiger partial charge in [0.15, 0.2) is 0 Å². The highest BCUT2D eigenvalue weighted by Gasteiger charge is 2.38. The zero-order chi connectivity index (χ0) is 22.3. The van der Waals surface area contributed by atoms with Crippen LogP contribution in [0.3, 0.4) is 0 Å². The molecule has 1 aromatic carbocycles. The summed E-state index contributed by atoms with van der Waals surface area (Å²) in [5.74, 6) is 0.474. The minimum atomic E-state index is -0.637. The van der Waals surface area contributed by atoms with Crippen LogP contribution in [0, 0.1) is 5.82 Å². The topological polar surface area (TPSA) is 89.6 Å². The van der Waals surface area contributed by atoms with E-state index >= 15 is 0 Å². The van der Waals surface area contributed by atoms with Crippen molar-refractivity contribution < 1.29 is 23.5 Å². The van der Waals surface area contributed by atoms with E-state index in [1.165, 1.54) is 13.2 Å². The lowest BCUT2D eigenvalue weighted by Gasteiger charge is -2.29. The zero-order valence-electron chi connectivity index (χ0n) is 17.8. The highest BCUT2D eigenvalue weighted by atomic mass is 19.1. The number of aromatic nitrogens is 1. The van der Waals surface area contributed by atoms with Crippen LogP contribution in [0.2, 0.25) is 0 Å². The molecule has 1 saturated heterocycles. The number of pyridine rings is 1. The number of carbonyl (C=O) groups is 2. The van der Waals surface area contributed by atoms with Gasteiger partial charge in [-0.05, 0) is 49.9 Å². The number of ether oxygens (including phenoxy) is 2. The second-order valence-corrected chi connectivity index (χ2v) is 7.88. The van der Waals surface area contributed by atoms with Crippen LogP contribution in [0.25, 0.3) is 0 Å². The molecule has 0 bridgehead atoms. The molecule has 2 heterocycles. The Morgan fingerprint density at radius 2 is 2.19 bits per heavy atom. The van der Waals surface area contributed by atoms with E-state index in [9.17, 15) is 14.0 Å². The van der Waals surface area contributed by atoms with Crippen LogP contribution in [0.1, 0.15) is 38.2 Å². The van der Waals surface area contributed by atoms with Crippen LogP contribution >= 0.6 is 0 Å². The Balaban J connectivity index is 1.53. The summed E-state index contributed by atoms with van der Waals surface area (Å²) in [4.78, 5) is 28.3. The smallest absolute Gasteiger partial charge is 0.220 e. The molecule has 166 valence electrons. The summed E-state index contributed by atoms with van der Waals surface area (Å²) in [5, 5.41) is 5.83. The van der Waals surface area contributed by atoms with E-state index in [0.29, 0.717) is 49.3 Å². The number of rotatable bonds is 10. The van der Waals surface area contributed by atoms with Crippen molar-refractivity contribution in [2.45, 2.75) is 50.7 Å². The molecule has 0 saturated carbocycles. The Morgan fingerprint density at radius 3 is 2.84 bits per heavy atom. The fraction of sp³-hybridized carbons (Fsp3) is 0.435. The Hall–Kier alpha value is -3.16. The first-order valence-electron chi connectivity index (χ1n) is 10.4. The first kappa shape index (κ1) is 22.5. The van der Waals surface area contributed by atoms with E-state index < -0.39 is 5.54 Å². The third-order valence-electron chi connectivity index (χ3n) is 5.41. The standard InChI is InChI=1S/C23H28FN3O4/c1-16(31-19-4-3-11-25-15-19)14-26-21(28)7-9-23(10-8-22(29)27-23)13-17-5-6-18(30-2)12-20(17)24/h3-6,11-12,15-16H,7-10,13-14H2,1-2H3,(H,26,28)(H,27,29)/t16-,23-/m1/s1. The number of benzene rings is 1. The molecule has 0 unspecified atom stereocenters. The molecular formula is C23H28FN3O4. The molecule has 2 N–H and O–H groups in total. The normalized spacial score (nSPS) is 18.9. The van der Waals surface area contributed by atoms with Gasteiger partial charge >= 0.3 is 0 Å². The Morgan fingerprint density at radius 1 is 1.35 bits per heavy atom. The van der Waals surface area contributed by atoms with Crippen molar-refractivity contribution in [3.63, 3.8) is 0 Å². The summed E-state index contributed by atoms with van der Waals surface area (Å²) in [6, 6.07) is 8.27. The Labute approximate surface area is 181 Å². The molecule has 0 aliphatic carbocycles. The highest BCUT2D eigenvalue weighted by Crippen LogP contribution is 2.31. The van der Waals surface area contributed by atoms with E-state index in [0.717, 1.165) is 0 Å². The van der Waals surface area contributed by atoms with Crippen molar-refractivity contribution in [1.29, 1.82) is 0 Å².